The number of likely N-dealkylation sites (N-methyl/N-ethyl adjacent to an activating group) is 2. The van der Waals surface area contributed by atoms with E-state index in [1.807, 2.05) is 0 Å². The van der Waals surface area contributed by atoms with Crippen molar-refractivity contribution in [3.63, 3.8) is 0 Å². The lowest BCUT2D eigenvalue weighted by Gasteiger charge is -2.28. The number of halogens is 1. The fraction of sp³-hybridized carbons (Fsp3) is 0.529. The minimum absolute atomic E-state index is 0.00701. The van der Waals surface area contributed by atoms with Crippen molar-refractivity contribution in [3.8, 4) is 5.75 Å². The highest BCUT2D eigenvalue weighted by molar-refractivity contribution is 6.31. The monoisotopic (exact) mass is 370 g/mol. The summed E-state index contributed by atoms with van der Waals surface area (Å²) in [7, 11) is 5.34. The Morgan fingerprint density at radius 2 is 1.96 bits per heavy atom. The molecule has 1 saturated heterocycles. The van der Waals surface area contributed by atoms with E-state index in [2.05, 4.69) is 12.4 Å². The molecule has 0 bridgehead atoms. The summed E-state index contributed by atoms with van der Waals surface area (Å²) in [5.41, 5.74) is 0.494. The highest BCUT2D eigenvalue weighted by Gasteiger charge is 2.24. The molecule has 1 aromatic rings. The molecule has 2 rings (SSSR count). The zero-order chi connectivity index (χ0) is 18.4. The van der Waals surface area contributed by atoms with Crippen LogP contribution in [0.25, 0.3) is 0 Å². The number of amides is 2. The van der Waals surface area contributed by atoms with E-state index in [1.165, 1.54) is 21.8 Å². The molecular weight excluding hydrogens is 344 g/mol. The van der Waals surface area contributed by atoms with Crippen molar-refractivity contribution in [1.82, 2.24) is 4.90 Å². The smallest absolute Gasteiger partial charge is 0.277 e. The average Bonchev–Trinajstić information content (AvgIpc) is 2.57. The molecule has 1 aliphatic heterocycles. The van der Waals surface area contributed by atoms with Gasteiger partial charge >= 0.3 is 0 Å². The Morgan fingerprint density at radius 3 is 2.60 bits per heavy atom. The van der Waals surface area contributed by atoms with Gasteiger partial charge in [0.1, 0.15) is 31.9 Å². The summed E-state index contributed by atoms with van der Waals surface area (Å²) in [4.78, 5) is 28.8. The largest absolute Gasteiger partial charge is 0.495 e. The van der Waals surface area contributed by atoms with Gasteiger partial charge in [-0.2, -0.15) is 0 Å². The summed E-state index contributed by atoms with van der Waals surface area (Å²) in [6.45, 7) is 4.53. The second-order valence-corrected chi connectivity index (χ2v) is 6.96. The van der Waals surface area contributed by atoms with Crippen LogP contribution in [-0.4, -0.2) is 77.2 Å². The number of carbonyl (C=O) groups is 2. The molecular formula is C17H27ClN4O3+2. The maximum absolute atomic E-state index is 12.3. The fourth-order valence-electron chi connectivity index (χ4n) is 2.83. The van der Waals surface area contributed by atoms with Gasteiger partial charge in [-0.15, -0.1) is 0 Å². The highest BCUT2D eigenvalue weighted by Crippen LogP contribution is 2.27. The normalized spacial score (nSPS) is 20.0. The number of ether oxygens (including phenoxy) is 1. The van der Waals surface area contributed by atoms with Crippen LogP contribution in [0.4, 0.5) is 5.69 Å². The Bertz CT molecular complexity index is 618. The van der Waals surface area contributed by atoms with Crippen LogP contribution in [0.5, 0.6) is 5.75 Å². The van der Waals surface area contributed by atoms with E-state index >= 15 is 0 Å². The predicted molar refractivity (Wildman–Crippen MR) is 96.5 cm³/mol. The molecule has 2 amide bonds. The molecule has 0 unspecified atom stereocenters. The second kappa shape index (κ2) is 9.03. The first kappa shape index (κ1) is 19.5. The van der Waals surface area contributed by atoms with Crippen molar-refractivity contribution in [2.75, 3.05) is 65.8 Å². The van der Waals surface area contributed by atoms with Crippen LogP contribution in [0.2, 0.25) is 5.02 Å². The third-order valence-electron chi connectivity index (χ3n) is 4.45. The quantitative estimate of drug-likeness (QED) is 0.551. The SMILES string of the molecule is COc1ccc(Cl)cc1NC(=O)CN(C)C(=O)C[NH+]1CC[NH+](C)CC1. The summed E-state index contributed by atoms with van der Waals surface area (Å²) in [6, 6.07) is 4.99. The molecule has 0 radical (unpaired) electrons. The van der Waals surface area contributed by atoms with Crippen LogP contribution in [-0.2, 0) is 9.59 Å². The number of nitrogens with zero attached hydrogens (tertiary/aromatic N) is 1. The van der Waals surface area contributed by atoms with Crippen LogP contribution in [0.3, 0.4) is 0 Å². The number of carbonyl (C=O) groups excluding carboxylic acids is 2. The minimum Gasteiger partial charge on any atom is -0.495 e. The number of anilines is 1. The van der Waals surface area contributed by atoms with Crippen LogP contribution in [0.1, 0.15) is 0 Å². The fourth-order valence-corrected chi connectivity index (χ4v) is 3.00. The van der Waals surface area contributed by atoms with Crippen LogP contribution in [0, 0.1) is 0 Å². The zero-order valence-corrected chi connectivity index (χ0v) is 15.8. The van der Waals surface area contributed by atoms with Crippen LogP contribution < -0.4 is 19.9 Å². The summed E-state index contributed by atoms with van der Waals surface area (Å²) >= 11 is 5.96. The Labute approximate surface area is 153 Å². The summed E-state index contributed by atoms with van der Waals surface area (Å²) in [5.74, 6) is 0.216. The Kier molecular flexibility index (Phi) is 7.04. The maximum Gasteiger partial charge on any atom is 0.277 e. The number of quaternary nitrogens is 2. The van der Waals surface area contributed by atoms with Crippen LogP contribution >= 0.6 is 11.6 Å². The van der Waals surface area contributed by atoms with Crippen molar-refractivity contribution in [1.29, 1.82) is 0 Å². The van der Waals surface area contributed by atoms with E-state index in [0.29, 0.717) is 23.0 Å². The van der Waals surface area contributed by atoms with Gasteiger partial charge in [-0.1, -0.05) is 11.6 Å². The third kappa shape index (κ3) is 5.88. The zero-order valence-electron chi connectivity index (χ0n) is 15.0. The molecule has 0 saturated carbocycles. The van der Waals surface area contributed by atoms with Crippen molar-refractivity contribution in [2.24, 2.45) is 0 Å². The van der Waals surface area contributed by atoms with Gasteiger partial charge < -0.3 is 24.8 Å². The van der Waals surface area contributed by atoms with Crippen LogP contribution in [0.15, 0.2) is 18.2 Å². The third-order valence-corrected chi connectivity index (χ3v) is 4.69. The molecule has 1 heterocycles. The lowest BCUT2D eigenvalue weighted by atomic mass is 10.3. The van der Waals surface area contributed by atoms with Gasteiger partial charge in [-0.25, -0.2) is 0 Å². The molecule has 0 aromatic heterocycles. The van der Waals surface area contributed by atoms with E-state index < -0.39 is 0 Å². The topological polar surface area (TPSA) is 67.5 Å². The molecule has 0 spiro atoms. The lowest BCUT2D eigenvalue weighted by Crippen LogP contribution is -3.27. The van der Waals surface area contributed by atoms with E-state index in [-0.39, 0.29) is 18.4 Å². The first-order valence-corrected chi connectivity index (χ1v) is 8.79. The van der Waals surface area contributed by atoms with Gasteiger partial charge in [-0.3, -0.25) is 9.59 Å². The number of piperazine rings is 1. The van der Waals surface area contributed by atoms with E-state index in [4.69, 9.17) is 16.3 Å². The van der Waals surface area contributed by atoms with Gasteiger partial charge in [0.05, 0.1) is 26.4 Å². The molecule has 8 heteroatoms. The molecule has 1 aromatic carbocycles. The molecule has 1 aliphatic rings. The second-order valence-electron chi connectivity index (χ2n) is 6.53. The number of methoxy groups -OCH3 is 1. The molecule has 1 fully saturated rings. The van der Waals surface area contributed by atoms with Crippen molar-refractivity contribution >= 4 is 29.1 Å². The van der Waals surface area contributed by atoms with Crippen molar-refractivity contribution in [2.45, 2.75) is 0 Å². The molecule has 25 heavy (non-hydrogen) atoms. The lowest BCUT2D eigenvalue weighted by molar-refractivity contribution is -1.000. The number of hydrogen-bond donors (Lipinski definition) is 3. The Hall–Kier alpha value is -1.83. The number of benzene rings is 1. The van der Waals surface area contributed by atoms with Crippen molar-refractivity contribution < 1.29 is 24.1 Å². The van der Waals surface area contributed by atoms with Gasteiger partial charge in [0.15, 0.2) is 6.54 Å². The number of rotatable bonds is 6. The molecule has 0 atom stereocenters. The standard InChI is InChI=1S/C17H25ClN4O3/c1-20-6-8-22(9-7-20)12-17(24)21(2)11-16(23)19-14-10-13(18)4-5-15(14)25-3/h4-5,10H,6-9,11-12H2,1-3H3,(H,19,23)/p+2. The molecule has 7 nitrogen and oxygen atoms in total. The van der Waals surface area contributed by atoms with E-state index in [0.717, 1.165) is 26.2 Å². The molecule has 3 N–H and O–H groups in total. The number of hydrogen-bond acceptors (Lipinski definition) is 3. The van der Waals surface area contributed by atoms with Crippen molar-refractivity contribution in [3.05, 3.63) is 23.2 Å². The Morgan fingerprint density at radius 1 is 1.28 bits per heavy atom. The van der Waals surface area contributed by atoms with E-state index in [1.54, 1.807) is 25.2 Å². The van der Waals surface area contributed by atoms with E-state index in [9.17, 15) is 9.59 Å². The van der Waals surface area contributed by atoms with Gasteiger partial charge in [0.2, 0.25) is 5.91 Å². The summed E-state index contributed by atoms with van der Waals surface area (Å²) < 4.78 is 5.20. The van der Waals surface area contributed by atoms with Gasteiger partial charge in [0.25, 0.3) is 5.91 Å². The molecule has 138 valence electrons. The highest BCUT2D eigenvalue weighted by atomic mass is 35.5. The minimum atomic E-state index is -0.283. The molecule has 0 aliphatic carbocycles. The first-order chi connectivity index (χ1) is 11.9. The summed E-state index contributed by atoms with van der Waals surface area (Å²) in [5, 5.41) is 3.25. The number of nitrogens with one attached hydrogen (secondary N) is 3. The summed E-state index contributed by atoms with van der Waals surface area (Å²) in [6.07, 6.45) is 0. The predicted octanol–water partition coefficient (Wildman–Crippen LogP) is -1.84. The first-order valence-electron chi connectivity index (χ1n) is 8.41. The Balaban J connectivity index is 1.85. The average molecular weight is 371 g/mol. The maximum atomic E-state index is 12.3. The van der Waals surface area contributed by atoms with Gasteiger partial charge in [-0.05, 0) is 18.2 Å². The van der Waals surface area contributed by atoms with Gasteiger partial charge in [0, 0.05) is 12.1 Å².